The first-order valence-corrected chi connectivity index (χ1v) is 10.2. The molecule has 0 saturated heterocycles. The standard InChI is InChI=1S/C21H20FN3O3S/c1-27-18-10-7-13(11-19(18)28-2)17(26)12-29-21-24-23-20(25(21)14-8-9-14)15-5-3-4-6-16(15)22/h3-7,10-11,14H,8-9,12H2,1-2H3. The molecule has 0 spiro atoms. The first kappa shape index (κ1) is 19.4. The van der Waals surface area contributed by atoms with Crippen LogP contribution < -0.4 is 9.47 Å². The van der Waals surface area contributed by atoms with E-state index in [-0.39, 0.29) is 23.4 Å². The molecule has 1 aromatic heterocycles. The van der Waals surface area contributed by atoms with E-state index >= 15 is 0 Å². The Hall–Kier alpha value is -2.87. The highest BCUT2D eigenvalue weighted by molar-refractivity contribution is 7.99. The molecule has 1 saturated carbocycles. The lowest BCUT2D eigenvalue weighted by Gasteiger charge is -2.10. The molecule has 8 heteroatoms. The van der Waals surface area contributed by atoms with Crippen LogP contribution in [0.5, 0.6) is 11.5 Å². The number of rotatable bonds is 8. The molecule has 0 N–H and O–H groups in total. The summed E-state index contributed by atoms with van der Waals surface area (Å²) in [6.45, 7) is 0. The molecule has 1 fully saturated rings. The van der Waals surface area contributed by atoms with Crippen molar-refractivity contribution in [3.63, 3.8) is 0 Å². The van der Waals surface area contributed by atoms with Crippen LogP contribution in [0.4, 0.5) is 4.39 Å². The molecule has 0 radical (unpaired) electrons. The second-order valence-electron chi connectivity index (χ2n) is 6.67. The minimum Gasteiger partial charge on any atom is -0.493 e. The van der Waals surface area contributed by atoms with Crippen molar-refractivity contribution in [2.45, 2.75) is 24.0 Å². The summed E-state index contributed by atoms with van der Waals surface area (Å²) in [5.41, 5.74) is 0.951. The lowest BCUT2D eigenvalue weighted by molar-refractivity contribution is 0.102. The van der Waals surface area contributed by atoms with Crippen LogP contribution in [-0.2, 0) is 0 Å². The molecule has 1 aliphatic carbocycles. The van der Waals surface area contributed by atoms with Crippen molar-refractivity contribution >= 4 is 17.5 Å². The number of hydrogen-bond donors (Lipinski definition) is 0. The van der Waals surface area contributed by atoms with Gasteiger partial charge in [-0.1, -0.05) is 23.9 Å². The van der Waals surface area contributed by atoms with Gasteiger partial charge in [0.05, 0.1) is 25.5 Å². The number of hydrogen-bond acceptors (Lipinski definition) is 6. The summed E-state index contributed by atoms with van der Waals surface area (Å²) in [7, 11) is 3.08. The van der Waals surface area contributed by atoms with E-state index in [0.29, 0.717) is 33.6 Å². The van der Waals surface area contributed by atoms with Crippen LogP contribution >= 0.6 is 11.8 Å². The highest BCUT2D eigenvalue weighted by atomic mass is 32.2. The van der Waals surface area contributed by atoms with Crippen molar-refractivity contribution in [2.75, 3.05) is 20.0 Å². The second-order valence-corrected chi connectivity index (χ2v) is 7.61. The Morgan fingerprint density at radius 2 is 1.90 bits per heavy atom. The Kier molecular flexibility index (Phi) is 5.53. The number of thioether (sulfide) groups is 1. The van der Waals surface area contributed by atoms with Crippen molar-refractivity contribution in [3.8, 4) is 22.9 Å². The van der Waals surface area contributed by atoms with E-state index in [0.717, 1.165) is 12.8 Å². The number of methoxy groups -OCH3 is 2. The highest BCUT2D eigenvalue weighted by Gasteiger charge is 2.31. The monoisotopic (exact) mass is 413 g/mol. The maximum Gasteiger partial charge on any atom is 0.192 e. The van der Waals surface area contributed by atoms with Crippen LogP contribution in [-0.4, -0.2) is 40.5 Å². The zero-order chi connectivity index (χ0) is 20.4. The van der Waals surface area contributed by atoms with Gasteiger partial charge in [0.25, 0.3) is 0 Å². The largest absolute Gasteiger partial charge is 0.493 e. The Morgan fingerprint density at radius 3 is 2.59 bits per heavy atom. The molecule has 150 valence electrons. The molecular formula is C21H20FN3O3S. The SMILES string of the molecule is COc1ccc(C(=O)CSc2nnc(-c3ccccc3F)n2C2CC2)cc1OC. The first-order valence-electron chi connectivity index (χ1n) is 9.20. The van der Waals surface area contributed by atoms with Crippen LogP contribution in [0.15, 0.2) is 47.6 Å². The Labute approximate surface area is 172 Å². The third-order valence-electron chi connectivity index (χ3n) is 4.73. The molecular weight excluding hydrogens is 393 g/mol. The molecule has 3 aromatic rings. The number of ketones is 1. The fourth-order valence-electron chi connectivity index (χ4n) is 3.09. The van der Waals surface area contributed by atoms with Gasteiger partial charge < -0.3 is 9.47 Å². The summed E-state index contributed by atoms with van der Waals surface area (Å²) in [5, 5.41) is 9.07. The Bertz CT molecular complexity index is 1050. The molecule has 0 aliphatic heterocycles. The zero-order valence-electron chi connectivity index (χ0n) is 16.1. The summed E-state index contributed by atoms with van der Waals surface area (Å²) in [5.74, 6) is 1.38. The molecule has 1 aliphatic rings. The molecule has 0 amide bonds. The van der Waals surface area contributed by atoms with E-state index in [9.17, 15) is 9.18 Å². The van der Waals surface area contributed by atoms with Crippen molar-refractivity contribution < 1.29 is 18.7 Å². The fourth-order valence-corrected chi connectivity index (χ4v) is 3.99. The first-order chi connectivity index (χ1) is 14.1. The maximum atomic E-state index is 14.3. The summed E-state index contributed by atoms with van der Waals surface area (Å²) in [6.07, 6.45) is 1.99. The molecule has 29 heavy (non-hydrogen) atoms. The number of halogens is 1. The normalized spacial score (nSPS) is 13.3. The van der Waals surface area contributed by atoms with E-state index in [1.54, 1.807) is 43.5 Å². The van der Waals surface area contributed by atoms with Gasteiger partial charge in [-0.2, -0.15) is 0 Å². The summed E-state index contributed by atoms with van der Waals surface area (Å²) in [6, 6.07) is 11.9. The van der Waals surface area contributed by atoms with Gasteiger partial charge in [0.1, 0.15) is 5.82 Å². The van der Waals surface area contributed by atoms with Gasteiger partial charge in [-0.25, -0.2) is 4.39 Å². The zero-order valence-corrected chi connectivity index (χ0v) is 16.9. The van der Waals surface area contributed by atoms with Crippen LogP contribution in [0.1, 0.15) is 29.2 Å². The smallest absolute Gasteiger partial charge is 0.192 e. The maximum absolute atomic E-state index is 14.3. The molecule has 1 heterocycles. The van der Waals surface area contributed by atoms with E-state index in [1.165, 1.54) is 24.9 Å². The van der Waals surface area contributed by atoms with Crippen molar-refractivity contribution in [3.05, 3.63) is 53.8 Å². The van der Waals surface area contributed by atoms with E-state index in [4.69, 9.17) is 9.47 Å². The third kappa shape index (κ3) is 3.98. The average Bonchev–Trinajstić information content (AvgIpc) is 3.51. The molecule has 0 bridgehead atoms. The van der Waals surface area contributed by atoms with E-state index in [1.807, 2.05) is 4.57 Å². The second kappa shape index (κ2) is 8.24. The molecule has 6 nitrogen and oxygen atoms in total. The van der Waals surface area contributed by atoms with E-state index < -0.39 is 0 Å². The number of carbonyl (C=O) groups is 1. The lowest BCUT2D eigenvalue weighted by Crippen LogP contribution is -2.06. The minimum absolute atomic E-state index is 0.0614. The number of nitrogens with zero attached hydrogens (tertiary/aromatic N) is 3. The lowest BCUT2D eigenvalue weighted by atomic mass is 10.1. The number of Topliss-reactive ketones (excluding diaryl/α,β-unsaturated/α-hetero) is 1. The average molecular weight is 413 g/mol. The number of aromatic nitrogens is 3. The highest BCUT2D eigenvalue weighted by Crippen LogP contribution is 2.41. The van der Waals surface area contributed by atoms with Gasteiger partial charge in [0, 0.05) is 11.6 Å². The molecule has 4 rings (SSSR count). The van der Waals surface area contributed by atoms with Crippen LogP contribution in [0.2, 0.25) is 0 Å². The van der Waals surface area contributed by atoms with Gasteiger partial charge >= 0.3 is 0 Å². The summed E-state index contributed by atoms with van der Waals surface area (Å²) in [4.78, 5) is 12.7. The topological polar surface area (TPSA) is 66.2 Å². The molecule has 0 atom stereocenters. The van der Waals surface area contributed by atoms with Gasteiger partial charge in [0.15, 0.2) is 28.3 Å². The van der Waals surface area contributed by atoms with Gasteiger partial charge in [-0.15, -0.1) is 10.2 Å². The summed E-state index contributed by atoms with van der Waals surface area (Å²) < 4.78 is 26.7. The van der Waals surface area contributed by atoms with Crippen molar-refractivity contribution in [2.24, 2.45) is 0 Å². The van der Waals surface area contributed by atoms with Crippen molar-refractivity contribution in [1.29, 1.82) is 0 Å². The van der Waals surface area contributed by atoms with Gasteiger partial charge in [0.2, 0.25) is 0 Å². The number of ether oxygens (including phenoxy) is 2. The minimum atomic E-state index is -0.334. The Morgan fingerprint density at radius 1 is 1.14 bits per heavy atom. The quantitative estimate of drug-likeness (QED) is 0.403. The summed E-state index contributed by atoms with van der Waals surface area (Å²) >= 11 is 1.31. The molecule has 0 unspecified atom stereocenters. The van der Waals surface area contributed by atoms with Crippen molar-refractivity contribution in [1.82, 2.24) is 14.8 Å². The predicted molar refractivity (Wildman–Crippen MR) is 108 cm³/mol. The third-order valence-corrected chi connectivity index (χ3v) is 5.67. The number of carbonyl (C=O) groups excluding carboxylic acids is 1. The van der Waals surface area contributed by atoms with Crippen LogP contribution in [0.3, 0.4) is 0 Å². The predicted octanol–water partition coefficient (Wildman–Crippen LogP) is 4.41. The van der Waals surface area contributed by atoms with Crippen LogP contribution in [0.25, 0.3) is 11.4 Å². The fraction of sp³-hybridized carbons (Fsp3) is 0.286. The van der Waals surface area contributed by atoms with Crippen LogP contribution in [0, 0.1) is 5.82 Å². The van der Waals surface area contributed by atoms with Gasteiger partial charge in [-0.3, -0.25) is 9.36 Å². The van der Waals surface area contributed by atoms with Gasteiger partial charge in [-0.05, 0) is 43.2 Å². The number of benzene rings is 2. The van der Waals surface area contributed by atoms with E-state index in [2.05, 4.69) is 10.2 Å². The molecule has 2 aromatic carbocycles. The Balaban J connectivity index is 1.55.